The molecule has 0 aliphatic heterocycles. The van der Waals surface area contributed by atoms with Crippen LogP contribution in [0.5, 0.6) is 0 Å². The second kappa shape index (κ2) is 5.53. The quantitative estimate of drug-likeness (QED) is 0.887. The van der Waals surface area contributed by atoms with E-state index < -0.39 is 0 Å². The number of nitrogens with two attached hydrogens (primary N) is 1. The summed E-state index contributed by atoms with van der Waals surface area (Å²) < 4.78 is 0. The van der Waals surface area contributed by atoms with Crippen LogP contribution in [-0.4, -0.2) is 23.9 Å². The molecule has 2 N–H and O–H groups in total. The number of rotatable bonds is 3. The molecule has 98 valence electrons. The summed E-state index contributed by atoms with van der Waals surface area (Å²) in [6.07, 6.45) is 3.00. The first-order valence-electron chi connectivity index (χ1n) is 6.64. The van der Waals surface area contributed by atoms with Gasteiger partial charge in [-0.3, -0.25) is 4.79 Å². The fraction of sp³-hybridized carbons (Fsp3) is 0.533. The molecule has 1 fully saturated rings. The molecule has 0 spiro atoms. The van der Waals surface area contributed by atoms with E-state index in [2.05, 4.69) is 19.1 Å². The molecule has 2 atom stereocenters. The fourth-order valence-electron chi connectivity index (χ4n) is 2.70. The van der Waals surface area contributed by atoms with Crippen molar-refractivity contribution < 1.29 is 4.79 Å². The third-order valence-corrected chi connectivity index (χ3v) is 3.93. The van der Waals surface area contributed by atoms with E-state index in [1.165, 1.54) is 11.1 Å². The number of nitrogens with zero attached hydrogens (tertiary/aromatic N) is 1. The lowest BCUT2D eigenvalue weighted by molar-refractivity contribution is -0.134. The van der Waals surface area contributed by atoms with Crippen molar-refractivity contribution in [2.45, 2.75) is 38.8 Å². The van der Waals surface area contributed by atoms with Crippen LogP contribution < -0.4 is 5.73 Å². The van der Waals surface area contributed by atoms with Crippen molar-refractivity contribution in [1.82, 2.24) is 4.90 Å². The Balaban J connectivity index is 2.01. The maximum absolute atomic E-state index is 12.3. The van der Waals surface area contributed by atoms with Crippen LogP contribution in [0.25, 0.3) is 0 Å². The van der Waals surface area contributed by atoms with E-state index in [0.717, 1.165) is 19.3 Å². The van der Waals surface area contributed by atoms with Crippen LogP contribution >= 0.6 is 0 Å². The normalized spacial score (nSPS) is 23.1. The maximum atomic E-state index is 12.3. The van der Waals surface area contributed by atoms with Gasteiger partial charge in [0.15, 0.2) is 0 Å². The van der Waals surface area contributed by atoms with Crippen molar-refractivity contribution in [3.63, 3.8) is 0 Å². The van der Waals surface area contributed by atoms with Gasteiger partial charge in [-0.05, 0) is 30.9 Å². The van der Waals surface area contributed by atoms with E-state index in [9.17, 15) is 4.79 Å². The molecule has 0 saturated heterocycles. The summed E-state index contributed by atoms with van der Waals surface area (Å²) in [5.41, 5.74) is 8.43. The number of aryl methyl sites for hydroxylation is 1. The standard InChI is InChI=1S/C15H22N2O/c1-11-6-3-4-7-12(11)10-17(2)15(18)13-8-5-9-14(13)16/h3-4,6-7,13-14H,5,8-10,16H2,1-2H3/t13-,14-/m0/s1. The van der Waals surface area contributed by atoms with Crippen molar-refractivity contribution in [2.75, 3.05) is 7.05 Å². The Morgan fingerprint density at radius 3 is 2.72 bits per heavy atom. The lowest BCUT2D eigenvalue weighted by atomic mass is 10.0. The molecule has 3 nitrogen and oxygen atoms in total. The number of hydrogen-bond acceptors (Lipinski definition) is 2. The third kappa shape index (κ3) is 2.72. The number of amides is 1. The zero-order chi connectivity index (χ0) is 13.1. The van der Waals surface area contributed by atoms with Gasteiger partial charge in [-0.25, -0.2) is 0 Å². The van der Waals surface area contributed by atoms with Gasteiger partial charge >= 0.3 is 0 Å². The molecule has 1 saturated carbocycles. The zero-order valence-corrected chi connectivity index (χ0v) is 11.2. The van der Waals surface area contributed by atoms with Crippen LogP contribution in [0.15, 0.2) is 24.3 Å². The molecule has 18 heavy (non-hydrogen) atoms. The largest absolute Gasteiger partial charge is 0.341 e. The van der Waals surface area contributed by atoms with E-state index in [1.807, 2.05) is 24.1 Å². The van der Waals surface area contributed by atoms with Crippen molar-refractivity contribution in [3.8, 4) is 0 Å². The highest BCUT2D eigenvalue weighted by Gasteiger charge is 2.32. The van der Waals surface area contributed by atoms with Crippen LogP contribution in [0.4, 0.5) is 0 Å². The van der Waals surface area contributed by atoms with Crippen molar-refractivity contribution in [3.05, 3.63) is 35.4 Å². The molecule has 2 rings (SSSR count). The van der Waals surface area contributed by atoms with Gasteiger partial charge in [0.25, 0.3) is 0 Å². The van der Waals surface area contributed by atoms with Gasteiger partial charge in [-0.1, -0.05) is 30.7 Å². The fourth-order valence-corrected chi connectivity index (χ4v) is 2.70. The number of benzene rings is 1. The molecule has 1 aromatic carbocycles. The van der Waals surface area contributed by atoms with Gasteiger partial charge in [0, 0.05) is 19.6 Å². The highest BCUT2D eigenvalue weighted by atomic mass is 16.2. The van der Waals surface area contributed by atoms with Gasteiger partial charge < -0.3 is 10.6 Å². The molecule has 1 amide bonds. The van der Waals surface area contributed by atoms with Crippen LogP contribution in [0.1, 0.15) is 30.4 Å². The maximum Gasteiger partial charge on any atom is 0.227 e. The number of hydrogen-bond donors (Lipinski definition) is 1. The molecule has 0 bridgehead atoms. The SMILES string of the molecule is Cc1ccccc1CN(C)C(=O)[C@H]1CCC[C@@H]1N. The molecular weight excluding hydrogens is 224 g/mol. The minimum absolute atomic E-state index is 0.0269. The molecule has 0 heterocycles. The van der Waals surface area contributed by atoms with Crippen LogP contribution in [0.3, 0.4) is 0 Å². The summed E-state index contributed by atoms with van der Waals surface area (Å²) in [6.45, 7) is 2.75. The van der Waals surface area contributed by atoms with Crippen LogP contribution in [-0.2, 0) is 11.3 Å². The molecule has 1 aliphatic rings. The molecule has 1 aromatic rings. The van der Waals surface area contributed by atoms with E-state index in [0.29, 0.717) is 6.54 Å². The molecule has 0 unspecified atom stereocenters. The average Bonchev–Trinajstić information content (AvgIpc) is 2.77. The summed E-state index contributed by atoms with van der Waals surface area (Å²) >= 11 is 0. The van der Waals surface area contributed by atoms with Gasteiger partial charge in [-0.15, -0.1) is 0 Å². The Morgan fingerprint density at radius 1 is 1.39 bits per heavy atom. The first-order valence-corrected chi connectivity index (χ1v) is 6.64. The molecule has 0 radical (unpaired) electrons. The Morgan fingerprint density at radius 2 is 2.11 bits per heavy atom. The Bertz CT molecular complexity index is 430. The van der Waals surface area contributed by atoms with E-state index in [4.69, 9.17) is 5.73 Å². The van der Waals surface area contributed by atoms with Gasteiger partial charge in [0.2, 0.25) is 5.91 Å². The molecule has 0 aromatic heterocycles. The first kappa shape index (κ1) is 13.1. The predicted octanol–water partition coefficient (Wildman–Crippen LogP) is 2.08. The Kier molecular flexibility index (Phi) is 4.02. The summed E-state index contributed by atoms with van der Waals surface area (Å²) in [7, 11) is 1.87. The molecular formula is C15H22N2O. The van der Waals surface area contributed by atoms with Crippen molar-refractivity contribution in [2.24, 2.45) is 11.7 Å². The molecule has 1 aliphatic carbocycles. The molecule has 3 heteroatoms. The smallest absolute Gasteiger partial charge is 0.227 e. The highest BCUT2D eigenvalue weighted by molar-refractivity contribution is 5.79. The minimum Gasteiger partial charge on any atom is -0.341 e. The second-order valence-corrected chi connectivity index (χ2v) is 5.32. The first-order chi connectivity index (χ1) is 8.59. The Hall–Kier alpha value is -1.35. The number of carbonyl (C=O) groups is 1. The summed E-state index contributed by atoms with van der Waals surface area (Å²) in [6, 6.07) is 8.25. The third-order valence-electron chi connectivity index (χ3n) is 3.93. The van der Waals surface area contributed by atoms with Crippen LogP contribution in [0, 0.1) is 12.8 Å². The second-order valence-electron chi connectivity index (χ2n) is 5.32. The van der Waals surface area contributed by atoms with Crippen molar-refractivity contribution in [1.29, 1.82) is 0 Å². The van der Waals surface area contributed by atoms with Crippen molar-refractivity contribution >= 4 is 5.91 Å². The van der Waals surface area contributed by atoms with E-state index >= 15 is 0 Å². The minimum atomic E-state index is 0.0269. The monoisotopic (exact) mass is 246 g/mol. The summed E-state index contributed by atoms with van der Waals surface area (Å²) in [5, 5.41) is 0. The van der Waals surface area contributed by atoms with Gasteiger partial charge in [0.05, 0.1) is 5.92 Å². The lowest BCUT2D eigenvalue weighted by Gasteiger charge is -2.24. The summed E-state index contributed by atoms with van der Waals surface area (Å²) in [4.78, 5) is 14.1. The van der Waals surface area contributed by atoms with Gasteiger partial charge in [0.1, 0.15) is 0 Å². The van der Waals surface area contributed by atoms with E-state index in [1.54, 1.807) is 0 Å². The average molecular weight is 246 g/mol. The Labute approximate surface area is 109 Å². The number of carbonyl (C=O) groups excluding carboxylic acids is 1. The zero-order valence-electron chi connectivity index (χ0n) is 11.2. The predicted molar refractivity (Wildman–Crippen MR) is 73.0 cm³/mol. The highest BCUT2D eigenvalue weighted by Crippen LogP contribution is 2.26. The topological polar surface area (TPSA) is 46.3 Å². The van der Waals surface area contributed by atoms with Gasteiger partial charge in [-0.2, -0.15) is 0 Å². The lowest BCUT2D eigenvalue weighted by Crippen LogP contribution is -2.39. The van der Waals surface area contributed by atoms with E-state index in [-0.39, 0.29) is 17.9 Å². The van der Waals surface area contributed by atoms with Crippen LogP contribution in [0.2, 0.25) is 0 Å². The summed E-state index contributed by atoms with van der Waals surface area (Å²) in [5.74, 6) is 0.224.